The normalized spacial score (nSPS) is 19.7. The number of hydrogen-bond acceptors (Lipinski definition) is 2. The van der Waals surface area contributed by atoms with Crippen LogP contribution in [0, 0.1) is 6.92 Å². The van der Waals surface area contributed by atoms with Gasteiger partial charge in [-0.05, 0) is 37.0 Å². The van der Waals surface area contributed by atoms with Crippen LogP contribution in [0.5, 0.6) is 0 Å². The van der Waals surface area contributed by atoms with Crippen molar-refractivity contribution in [3.05, 3.63) is 41.5 Å². The fourth-order valence-corrected chi connectivity index (χ4v) is 2.35. The summed E-state index contributed by atoms with van der Waals surface area (Å²) in [7, 11) is 0. The molecular weight excluding hydrogens is 226 g/mol. The Morgan fingerprint density at radius 2 is 2.28 bits per heavy atom. The Balaban J connectivity index is 2.05. The summed E-state index contributed by atoms with van der Waals surface area (Å²) in [5.41, 5.74) is 2.22. The van der Waals surface area contributed by atoms with Gasteiger partial charge >= 0.3 is 0 Å². The van der Waals surface area contributed by atoms with E-state index in [4.69, 9.17) is 0 Å². The average molecular weight is 245 g/mol. The molecule has 2 rings (SSSR count). The van der Waals surface area contributed by atoms with E-state index >= 15 is 0 Å². The van der Waals surface area contributed by atoms with Crippen LogP contribution in [0.4, 0.5) is 0 Å². The van der Waals surface area contributed by atoms with Gasteiger partial charge < -0.3 is 10.0 Å². The van der Waals surface area contributed by atoms with Gasteiger partial charge in [-0.3, -0.25) is 4.79 Å². The number of benzene rings is 1. The van der Waals surface area contributed by atoms with Gasteiger partial charge in [-0.1, -0.05) is 24.3 Å². The smallest absolute Gasteiger partial charge is 0.246 e. The van der Waals surface area contributed by atoms with E-state index in [0.717, 1.165) is 30.5 Å². The van der Waals surface area contributed by atoms with Crippen molar-refractivity contribution in [3.63, 3.8) is 0 Å². The van der Waals surface area contributed by atoms with Crippen LogP contribution in [0.3, 0.4) is 0 Å². The summed E-state index contributed by atoms with van der Waals surface area (Å²) >= 11 is 0. The van der Waals surface area contributed by atoms with E-state index in [1.165, 1.54) is 0 Å². The number of carbonyl (C=O) groups excluding carboxylic acids is 1. The molecule has 3 nitrogen and oxygen atoms in total. The number of amides is 1. The van der Waals surface area contributed by atoms with E-state index in [9.17, 15) is 9.90 Å². The molecule has 0 aliphatic carbocycles. The van der Waals surface area contributed by atoms with E-state index in [1.54, 1.807) is 11.0 Å². The van der Waals surface area contributed by atoms with Crippen molar-refractivity contribution >= 4 is 12.0 Å². The first kappa shape index (κ1) is 12.8. The molecule has 1 N–H and O–H groups in total. The Kier molecular flexibility index (Phi) is 4.15. The Bertz CT molecular complexity index is 454. The van der Waals surface area contributed by atoms with E-state index in [0.29, 0.717) is 0 Å². The second-order valence-corrected chi connectivity index (χ2v) is 4.70. The Morgan fingerprint density at radius 1 is 1.50 bits per heavy atom. The molecule has 1 aliphatic rings. The van der Waals surface area contributed by atoms with Gasteiger partial charge in [0.1, 0.15) is 0 Å². The molecule has 3 heteroatoms. The fraction of sp³-hybridized carbons (Fsp3) is 0.400. The maximum absolute atomic E-state index is 12.0. The van der Waals surface area contributed by atoms with Gasteiger partial charge in [-0.15, -0.1) is 0 Å². The summed E-state index contributed by atoms with van der Waals surface area (Å²) in [5, 5.41) is 9.20. The quantitative estimate of drug-likeness (QED) is 0.827. The standard InChI is InChI=1S/C15H19NO2/c1-12-5-2-3-6-13(12)8-9-15(18)16-10-4-7-14(16)11-17/h2-3,5-6,8-9,14,17H,4,7,10-11H2,1H3/b9-8+. The summed E-state index contributed by atoms with van der Waals surface area (Å²) in [6.07, 6.45) is 5.34. The number of nitrogens with zero attached hydrogens (tertiary/aromatic N) is 1. The molecule has 0 spiro atoms. The van der Waals surface area contributed by atoms with Crippen molar-refractivity contribution in [2.24, 2.45) is 0 Å². The second kappa shape index (κ2) is 5.83. The molecule has 1 aromatic carbocycles. The van der Waals surface area contributed by atoms with Crippen LogP contribution in [-0.4, -0.2) is 35.1 Å². The van der Waals surface area contributed by atoms with E-state index < -0.39 is 0 Å². The van der Waals surface area contributed by atoms with Crippen LogP contribution in [0.15, 0.2) is 30.3 Å². The van der Waals surface area contributed by atoms with E-state index in [1.807, 2.05) is 37.3 Å². The highest BCUT2D eigenvalue weighted by atomic mass is 16.3. The Labute approximate surface area is 108 Å². The van der Waals surface area contributed by atoms with Gasteiger partial charge in [-0.25, -0.2) is 0 Å². The van der Waals surface area contributed by atoms with Crippen molar-refractivity contribution in [2.75, 3.05) is 13.2 Å². The highest BCUT2D eigenvalue weighted by Crippen LogP contribution is 2.17. The minimum absolute atomic E-state index is 0.000907. The Morgan fingerprint density at radius 3 is 3.00 bits per heavy atom. The lowest BCUT2D eigenvalue weighted by Crippen LogP contribution is -2.36. The largest absolute Gasteiger partial charge is 0.394 e. The average Bonchev–Trinajstić information content (AvgIpc) is 2.86. The van der Waals surface area contributed by atoms with Gasteiger partial charge in [0, 0.05) is 12.6 Å². The fourth-order valence-electron chi connectivity index (χ4n) is 2.35. The topological polar surface area (TPSA) is 40.5 Å². The van der Waals surface area contributed by atoms with Crippen LogP contribution in [0.1, 0.15) is 24.0 Å². The van der Waals surface area contributed by atoms with Crippen molar-refractivity contribution in [3.8, 4) is 0 Å². The van der Waals surface area contributed by atoms with Gasteiger partial charge in [0.15, 0.2) is 0 Å². The van der Waals surface area contributed by atoms with Gasteiger partial charge in [-0.2, -0.15) is 0 Å². The molecule has 18 heavy (non-hydrogen) atoms. The molecule has 0 saturated carbocycles. The zero-order valence-electron chi connectivity index (χ0n) is 10.7. The minimum atomic E-state index is -0.00481. The lowest BCUT2D eigenvalue weighted by atomic mass is 10.1. The van der Waals surface area contributed by atoms with Gasteiger partial charge in [0.2, 0.25) is 5.91 Å². The molecule has 0 aromatic heterocycles. The predicted molar refractivity (Wildman–Crippen MR) is 72.0 cm³/mol. The molecule has 0 radical (unpaired) electrons. The third-order valence-corrected chi connectivity index (χ3v) is 3.46. The number of hydrogen-bond donors (Lipinski definition) is 1. The summed E-state index contributed by atoms with van der Waals surface area (Å²) in [6.45, 7) is 2.84. The molecule has 1 fully saturated rings. The number of aliphatic hydroxyl groups excluding tert-OH is 1. The molecule has 1 heterocycles. The molecule has 0 bridgehead atoms. The summed E-state index contributed by atoms with van der Waals surface area (Å²) in [6, 6.07) is 7.96. The van der Waals surface area contributed by atoms with Crippen LogP contribution in [0.2, 0.25) is 0 Å². The molecule has 1 saturated heterocycles. The van der Waals surface area contributed by atoms with Gasteiger partial charge in [0.25, 0.3) is 0 Å². The monoisotopic (exact) mass is 245 g/mol. The maximum Gasteiger partial charge on any atom is 0.246 e. The first-order chi connectivity index (χ1) is 8.72. The zero-order valence-corrected chi connectivity index (χ0v) is 10.7. The van der Waals surface area contributed by atoms with Crippen molar-refractivity contribution in [1.82, 2.24) is 4.90 Å². The maximum atomic E-state index is 12.0. The molecule has 96 valence electrons. The van der Waals surface area contributed by atoms with Crippen LogP contribution < -0.4 is 0 Å². The van der Waals surface area contributed by atoms with Crippen LogP contribution >= 0.6 is 0 Å². The van der Waals surface area contributed by atoms with Crippen LogP contribution in [-0.2, 0) is 4.79 Å². The predicted octanol–water partition coefficient (Wildman–Crippen LogP) is 1.99. The molecule has 1 aliphatic heterocycles. The number of aryl methyl sites for hydroxylation is 1. The lowest BCUT2D eigenvalue weighted by molar-refractivity contribution is -0.127. The number of likely N-dealkylation sites (tertiary alicyclic amines) is 1. The Hall–Kier alpha value is -1.61. The third-order valence-electron chi connectivity index (χ3n) is 3.46. The molecule has 1 amide bonds. The van der Waals surface area contributed by atoms with Gasteiger partial charge in [0.05, 0.1) is 12.6 Å². The van der Waals surface area contributed by atoms with E-state index in [2.05, 4.69) is 0 Å². The highest BCUT2D eigenvalue weighted by molar-refractivity contribution is 5.92. The zero-order chi connectivity index (χ0) is 13.0. The number of rotatable bonds is 3. The molecule has 1 atom stereocenters. The SMILES string of the molecule is Cc1ccccc1/C=C/C(=O)N1CCCC1CO. The summed E-state index contributed by atoms with van der Waals surface area (Å²) < 4.78 is 0. The molecular formula is C15H19NO2. The molecule has 1 unspecified atom stereocenters. The van der Waals surface area contributed by atoms with E-state index in [-0.39, 0.29) is 18.6 Å². The lowest BCUT2D eigenvalue weighted by Gasteiger charge is -2.21. The summed E-state index contributed by atoms with van der Waals surface area (Å²) in [4.78, 5) is 13.8. The first-order valence-corrected chi connectivity index (χ1v) is 6.37. The second-order valence-electron chi connectivity index (χ2n) is 4.70. The van der Waals surface area contributed by atoms with Crippen molar-refractivity contribution in [2.45, 2.75) is 25.8 Å². The highest BCUT2D eigenvalue weighted by Gasteiger charge is 2.26. The minimum Gasteiger partial charge on any atom is -0.394 e. The van der Waals surface area contributed by atoms with Crippen molar-refractivity contribution < 1.29 is 9.90 Å². The molecule has 1 aromatic rings. The van der Waals surface area contributed by atoms with Crippen molar-refractivity contribution in [1.29, 1.82) is 0 Å². The van der Waals surface area contributed by atoms with Crippen LogP contribution in [0.25, 0.3) is 6.08 Å². The first-order valence-electron chi connectivity index (χ1n) is 6.37. The number of aliphatic hydroxyl groups is 1. The third kappa shape index (κ3) is 2.79. The number of carbonyl (C=O) groups is 1. The summed E-state index contributed by atoms with van der Waals surface area (Å²) in [5.74, 6) is -0.00481.